The summed E-state index contributed by atoms with van der Waals surface area (Å²) in [5.41, 5.74) is 0. The second kappa shape index (κ2) is 6.64. The molecule has 0 aliphatic heterocycles. The number of nitrogens with one attached hydrogen (secondary N) is 3. The summed E-state index contributed by atoms with van der Waals surface area (Å²) in [6.45, 7) is 4.46. The van der Waals surface area contributed by atoms with Gasteiger partial charge in [-0.1, -0.05) is 6.92 Å². The SMILES string of the molecule is CCCNc1ncc(S(=O)(=O)NC(C)c2ncc[nH]2)cn1. The van der Waals surface area contributed by atoms with Crippen LogP contribution in [0.15, 0.2) is 29.7 Å². The molecular weight excluding hydrogens is 292 g/mol. The van der Waals surface area contributed by atoms with Gasteiger partial charge < -0.3 is 10.3 Å². The largest absolute Gasteiger partial charge is 0.354 e. The molecule has 9 heteroatoms. The fourth-order valence-electron chi connectivity index (χ4n) is 1.65. The van der Waals surface area contributed by atoms with Crippen molar-refractivity contribution in [3.05, 3.63) is 30.6 Å². The summed E-state index contributed by atoms with van der Waals surface area (Å²) in [6, 6.07) is -0.470. The molecule has 2 rings (SSSR count). The third-order valence-electron chi connectivity index (χ3n) is 2.73. The highest BCUT2D eigenvalue weighted by Crippen LogP contribution is 2.13. The average Bonchev–Trinajstić information content (AvgIpc) is 2.99. The molecule has 0 spiro atoms. The van der Waals surface area contributed by atoms with Crippen LogP contribution >= 0.6 is 0 Å². The molecule has 8 nitrogen and oxygen atoms in total. The zero-order valence-corrected chi connectivity index (χ0v) is 12.7. The quantitative estimate of drug-likeness (QED) is 0.705. The van der Waals surface area contributed by atoms with Crippen LogP contribution in [0.4, 0.5) is 5.95 Å². The summed E-state index contributed by atoms with van der Waals surface area (Å²) in [7, 11) is -3.69. The van der Waals surface area contributed by atoms with Crippen molar-refractivity contribution in [1.82, 2.24) is 24.7 Å². The minimum atomic E-state index is -3.69. The average molecular weight is 310 g/mol. The van der Waals surface area contributed by atoms with Crippen LogP contribution in [0.3, 0.4) is 0 Å². The minimum Gasteiger partial charge on any atom is -0.354 e. The summed E-state index contributed by atoms with van der Waals surface area (Å²) >= 11 is 0. The molecule has 0 fully saturated rings. The Labute approximate surface area is 123 Å². The van der Waals surface area contributed by atoms with Gasteiger partial charge in [0.2, 0.25) is 16.0 Å². The molecule has 0 saturated heterocycles. The Morgan fingerprint density at radius 1 is 1.29 bits per heavy atom. The Kier molecular flexibility index (Phi) is 4.86. The first-order chi connectivity index (χ1) is 10.0. The molecule has 1 unspecified atom stereocenters. The van der Waals surface area contributed by atoms with E-state index < -0.39 is 16.1 Å². The molecule has 0 amide bonds. The lowest BCUT2D eigenvalue weighted by atomic mass is 10.3. The number of rotatable bonds is 7. The van der Waals surface area contributed by atoms with Crippen molar-refractivity contribution in [2.45, 2.75) is 31.2 Å². The van der Waals surface area contributed by atoms with Gasteiger partial charge >= 0.3 is 0 Å². The molecule has 0 bridgehead atoms. The molecule has 3 N–H and O–H groups in total. The lowest BCUT2D eigenvalue weighted by Crippen LogP contribution is -2.27. The Morgan fingerprint density at radius 2 is 2.00 bits per heavy atom. The molecule has 21 heavy (non-hydrogen) atoms. The molecule has 0 aliphatic carbocycles. The van der Waals surface area contributed by atoms with E-state index >= 15 is 0 Å². The molecule has 1 atom stereocenters. The summed E-state index contributed by atoms with van der Waals surface area (Å²) < 4.78 is 26.9. The first-order valence-electron chi connectivity index (χ1n) is 6.60. The molecule has 0 aliphatic rings. The third kappa shape index (κ3) is 3.99. The highest BCUT2D eigenvalue weighted by Gasteiger charge is 2.20. The van der Waals surface area contributed by atoms with Gasteiger partial charge in [-0.15, -0.1) is 0 Å². The molecule has 2 aromatic heterocycles. The maximum absolute atomic E-state index is 12.2. The van der Waals surface area contributed by atoms with E-state index in [1.165, 1.54) is 12.4 Å². The van der Waals surface area contributed by atoms with Gasteiger partial charge in [0.1, 0.15) is 10.7 Å². The van der Waals surface area contributed by atoms with Gasteiger partial charge in [0.15, 0.2) is 0 Å². The molecule has 114 valence electrons. The topological polar surface area (TPSA) is 113 Å². The van der Waals surface area contributed by atoms with Gasteiger partial charge in [0, 0.05) is 18.9 Å². The maximum Gasteiger partial charge on any atom is 0.244 e. The van der Waals surface area contributed by atoms with Crippen LogP contribution in [0.25, 0.3) is 0 Å². The van der Waals surface area contributed by atoms with Crippen LogP contribution in [0.1, 0.15) is 32.1 Å². The van der Waals surface area contributed by atoms with Crippen molar-refractivity contribution in [3.8, 4) is 0 Å². The second-order valence-electron chi connectivity index (χ2n) is 4.49. The Morgan fingerprint density at radius 3 is 2.57 bits per heavy atom. The molecule has 0 radical (unpaired) electrons. The number of H-pyrrole nitrogens is 1. The standard InChI is InChI=1S/C12H18N6O2S/c1-3-4-15-12-16-7-10(8-17-12)21(19,20)18-9(2)11-13-5-6-14-11/h5-9,18H,3-4H2,1-2H3,(H,13,14)(H,15,16,17). The smallest absolute Gasteiger partial charge is 0.244 e. The van der Waals surface area contributed by atoms with Crippen molar-refractivity contribution in [1.29, 1.82) is 0 Å². The van der Waals surface area contributed by atoms with Gasteiger partial charge in [-0.25, -0.2) is 28.1 Å². The van der Waals surface area contributed by atoms with Crippen molar-refractivity contribution < 1.29 is 8.42 Å². The van der Waals surface area contributed by atoms with Gasteiger partial charge in [0.05, 0.1) is 18.4 Å². The van der Waals surface area contributed by atoms with E-state index in [0.717, 1.165) is 13.0 Å². The number of anilines is 1. The van der Waals surface area contributed by atoms with Gasteiger partial charge in [0.25, 0.3) is 0 Å². The Bertz CT molecular complexity index is 654. The fraction of sp³-hybridized carbons (Fsp3) is 0.417. The number of nitrogens with zero attached hydrogens (tertiary/aromatic N) is 3. The van der Waals surface area contributed by atoms with Gasteiger partial charge in [-0.05, 0) is 13.3 Å². The summed E-state index contributed by atoms with van der Waals surface area (Å²) in [5, 5.41) is 2.98. The minimum absolute atomic E-state index is 0.0166. The van der Waals surface area contributed by atoms with Crippen LogP contribution in [0.2, 0.25) is 0 Å². The molecule has 0 aromatic carbocycles. The number of aromatic amines is 1. The van der Waals surface area contributed by atoms with Crippen molar-refractivity contribution in [3.63, 3.8) is 0 Å². The van der Waals surface area contributed by atoms with Gasteiger partial charge in [-0.2, -0.15) is 0 Å². The van der Waals surface area contributed by atoms with Crippen molar-refractivity contribution in [2.24, 2.45) is 0 Å². The zero-order chi connectivity index (χ0) is 15.3. The third-order valence-corrected chi connectivity index (χ3v) is 4.23. The van der Waals surface area contributed by atoms with Crippen LogP contribution in [0.5, 0.6) is 0 Å². The second-order valence-corrected chi connectivity index (χ2v) is 6.20. The maximum atomic E-state index is 12.2. The van der Waals surface area contributed by atoms with E-state index in [4.69, 9.17) is 0 Å². The van der Waals surface area contributed by atoms with E-state index in [2.05, 4.69) is 30.0 Å². The fourth-order valence-corrected chi connectivity index (χ4v) is 2.75. The highest BCUT2D eigenvalue weighted by atomic mass is 32.2. The van der Waals surface area contributed by atoms with Crippen molar-refractivity contribution in [2.75, 3.05) is 11.9 Å². The van der Waals surface area contributed by atoms with E-state index in [9.17, 15) is 8.42 Å². The first kappa shape index (κ1) is 15.4. The lowest BCUT2D eigenvalue weighted by molar-refractivity contribution is 0.560. The normalized spacial score (nSPS) is 13.0. The van der Waals surface area contributed by atoms with E-state index in [1.807, 2.05) is 6.92 Å². The van der Waals surface area contributed by atoms with Crippen molar-refractivity contribution >= 4 is 16.0 Å². The predicted octanol–water partition coefficient (Wildman–Crippen LogP) is 1.06. The number of imidazole rings is 1. The van der Waals surface area contributed by atoms with E-state index in [-0.39, 0.29) is 4.90 Å². The van der Waals surface area contributed by atoms with Crippen LogP contribution < -0.4 is 10.0 Å². The Balaban J connectivity index is 2.08. The zero-order valence-electron chi connectivity index (χ0n) is 11.9. The lowest BCUT2D eigenvalue weighted by Gasteiger charge is -2.12. The van der Waals surface area contributed by atoms with E-state index in [1.54, 1.807) is 19.3 Å². The van der Waals surface area contributed by atoms with Crippen LogP contribution in [-0.4, -0.2) is 34.9 Å². The number of hydrogen-bond acceptors (Lipinski definition) is 6. The van der Waals surface area contributed by atoms with E-state index in [0.29, 0.717) is 11.8 Å². The van der Waals surface area contributed by atoms with Crippen LogP contribution in [0, 0.1) is 0 Å². The first-order valence-corrected chi connectivity index (χ1v) is 8.08. The predicted molar refractivity (Wildman–Crippen MR) is 78.1 cm³/mol. The number of sulfonamides is 1. The van der Waals surface area contributed by atoms with Gasteiger partial charge in [-0.3, -0.25) is 0 Å². The molecular formula is C12H18N6O2S. The monoisotopic (exact) mass is 310 g/mol. The summed E-state index contributed by atoms with van der Waals surface area (Å²) in [5.74, 6) is 0.954. The summed E-state index contributed by atoms with van der Waals surface area (Å²) in [6.07, 6.45) is 6.70. The number of hydrogen-bond donors (Lipinski definition) is 3. The highest BCUT2D eigenvalue weighted by molar-refractivity contribution is 7.89. The summed E-state index contributed by atoms with van der Waals surface area (Å²) in [4.78, 5) is 14.9. The Hall–Kier alpha value is -2.00. The molecule has 0 saturated carbocycles. The number of aromatic nitrogens is 4. The van der Waals surface area contributed by atoms with Crippen LogP contribution in [-0.2, 0) is 10.0 Å². The molecule has 2 heterocycles. The molecule has 2 aromatic rings.